The topological polar surface area (TPSA) is 132 Å². The molecule has 2 fully saturated rings. The predicted octanol–water partition coefficient (Wildman–Crippen LogP) is 4.90. The van der Waals surface area contributed by atoms with E-state index in [2.05, 4.69) is 13.5 Å². The number of carboxylic acids is 2. The van der Waals surface area contributed by atoms with Gasteiger partial charge in [-0.2, -0.15) is 0 Å². The molecule has 38 heavy (non-hydrogen) atoms. The number of hydrogen-bond donors (Lipinski definition) is 3. The van der Waals surface area contributed by atoms with Crippen molar-refractivity contribution in [3.05, 3.63) is 42.0 Å². The average molecular weight is 535 g/mol. The highest BCUT2D eigenvalue weighted by atomic mass is 16.8. The van der Waals surface area contributed by atoms with E-state index < -0.39 is 41.5 Å². The fraction of sp³-hybridized carbons (Fsp3) is 0.655. The van der Waals surface area contributed by atoms with Gasteiger partial charge in [0.05, 0.1) is 20.3 Å². The number of aliphatic hydroxyl groups is 1. The first-order valence-electron chi connectivity index (χ1n) is 13.6. The molecule has 212 valence electrons. The zero-order valence-electron chi connectivity index (χ0n) is 22.5. The number of rotatable bonds is 16. The first-order chi connectivity index (χ1) is 18.2. The second-order valence-electron chi connectivity index (χ2n) is 10.3. The van der Waals surface area contributed by atoms with Crippen molar-refractivity contribution in [3.8, 4) is 5.75 Å². The summed E-state index contributed by atoms with van der Waals surface area (Å²) in [5.41, 5.74) is -0.815. The van der Waals surface area contributed by atoms with Crippen molar-refractivity contribution in [1.29, 1.82) is 0 Å². The van der Waals surface area contributed by atoms with Gasteiger partial charge in [0, 0.05) is 18.8 Å². The SMILES string of the molecule is C=C1C(CCCCCCCCC)C(O)O[C@]12C[C@H](C(=O)O)[C@@](CCOCc1ccc(OC)cc1)(C(=O)O)O2. The molecule has 0 aromatic heterocycles. The van der Waals surface area contributed by atoms with E-state index in [9.17, 15) is 24.9 Å². The summed E-state index contributed by atoms with van der Waals surface area (Å²) in [5.74, 6) is -5.52. The highest BCUT2D eigenvalue weighted by molar-refractivity contribution is 5.87. The Labute approximate surface area is 224 Å². The Hall–Kier alpha value is -2.46. The summed E-state index contributed by atoms with van der Waals surface area (Å²) in [6, 6.07) is 7.24. The van der Waals surface area contributed by atoms with E-state index in [0.29, 0.717) is 17.7 Å². The van der Waals surface area contributed by atoms with Crippen LogP contribution in [-0.2, 0) is 30.4 Å². The van der Waals surface area contributed by atoms with Gasteiger partial charge >= 0.3 is 11.9 Å². The standard InChI is InChI=1S/C29H42O9/c1-4-5-6-7-8-9-10-11-23-20(2)29(37-26(23)32)18-24(25(30)31)28(38-29,27(33)34)16-17-36-19-21-12-14-22(35-3)15-13-21/h12-15,23-24,26,32H,2,4-11,16-19H2,1,3H3,(H,30,31)(H,33,34)/t23?,24-,26?,28+,29+/m1/s1. The van der Waals surface area contributed by atoms with Crippen LogP contribution in [-0.4, -0.2) is 58.7 Å². The Morgan fingerprint density at radius 3 is 2.34 bits per heavy atom. The number of hydrogen-bond acceptors (Lipinski definition) is 7. The lowest BCUT2D eigenvalue weighted by Crippen LogP contribution is -2.49. The number of aliphatic hydroxyl groups excluding tert-OH is 1. The number of carboxylic acid groups (broad SMARTS) is 2. The minimum absolute atomic E-state index is 0.0469. The van der Waals surface area contributed by atoms with Gasteiger partial charge in [0.25, 0.3) is 0 Å². The van der Waals surface area contributed by atoms with Gasteiger partial charge in [-0.25, -0.2) is 4.79 Å². The Kier molecular flexibility index (Phi) is 10.7. The second kappa shape index (κ2) is 13.6. The molecule has 2 unspecified atom stereocenters. The van der Waals surface area contributed by atoms with E-state index >= 15 is 0 Å². The van der Waals surface area contributed by atoms with Gasteiger partial charge < -0.3 is 34.3 Å². The molecule has 3 rings (SSSR count). The van der Waals surface area contributed by atoms with Crippen LogP contribution in [0.15, 0.2) is 36.4 Å². The molecule has 9 heteroatoms. The molecule has 0 saturated carbocycles. The van der Waals surface area contributed by atoms with Crippen molar-refractivity contribution in [2.45, 2.75) is 95.4 Å². The van der Waals surface area contributed by atoms with Crippen LogP contribution in [0.5, 0.6) is 5.75 Å². The molecular formula is C29H42O9. The van der Waals surface area contributed by atoms with Crippen molar-refractivity contribution in [1.82, 2.24) is 0 Å². The predicted molar refractivity (Wildman–Crippen MR) is 140 cm³/mol. The van der Waals surface area contributed by atoms with Crippen molar-refractivity contribution in [2.75, 3.05) is 13.7 Å². The molecule has 1 aromatic carbocycles. The first kappa shape index (κ1) is 30.1. The smallest absolute Gasteiger partial charge is 0.337 e. The third kappa shape index (κ3) is 6.75. The molecular weight excluding hydrogens is 492 g/mol. The van der Waals surface area contributed by atoms with Crippen molar-refractivity contribution in [3.63, 3.8) is 0 Å². The summed E-state index contributed by atoms with van der Waals surface area (Å²) < 4.78 is 22.6. The summed E-state index contributed by atoms with van der Waals surface area (Å²) in [6.45, 7) is 6.44. The number of ether oxygens (including phenoxy) is 4. The summed E-state index contributed by atoms with van der Waals surface area (Å²) in [7, 11) is 1.57. The van der Waals surface area contributed by atoms with Gasteiger partial charge in [0.1, 0.15) is 11.7 Å². The second-order valence-corrected chi connectivity index (χ2v) is 10.3. The molecule has 0 amide bonds. The largest absolute Gasteiger partial charge is 0.497 e. The van der Waals surface area contributed by atoms with E-state index in [0.717, 1.165) is 24.8 Å². The Balaban J connectivity index is 1.63. The molecule has 0 radical (unpaired) electrons. The van der Waals surface area contributed by atoms with Gasteiger partial charge in [-0.05, 0) is 29.7 Å². The van der Waals surface area contributed by atoms with Crippen LogP contribution in [0, 0.1) is 11.8 Å². The van der Waals surface area contributed by atoms with E-state index in [1.807, 2.05) is 12.1 Å². The zero-order valence-corrected chi connectivity index (χ0v) is 22.5. The van der Waals surface area contributed by atoms with Crippen LogP contribution >= 0.6 is 0 Å². The molecule has 3 N–H and O–H groups in total. The summed E-state index contributed by atoms with van der Waals surface area (Å²) >= 11 is 0. The molecule has 2 aliphatic rings. The van der Waals surface area contributed by atoms with E-state index in [1.54, 1.807) is 19.2 Å². The molecule has 0 aliphatic carbocycles. The molecule has 2 aliphatic heterocycles. The van der Waals surface area contributed by atoms with Crippen LogP contribution < -0.4 is 4.74 Å². The number of benzene rings is 1. The highest BCUT2D eigenvalue weighted by Crippen LogP contribution is 2.55. The molecule has 1 aromatic rings. The maximum absolute atomic E-state index is 12.5. The Morgan fingerprint density at radius 2 is 1.74 bits per heavy atom. The number of unbranched alkanes of at least 4 members (excludes halogenated alkanes) is 6. The summed E-state index contributed by atoms with van der Waals surface area (Å²) in [5, 5.41) is 30.8. The number of aliphatic carboxylic acids is 2. The van der Waals surface area contributed by atoms with Crippen LogP contribution in [0.4, 0.5) is 0 Å². The van der Waals surface area contributed by atoms with Crippen LogP contribution in [0.25, 0.3) is 0 Å². The third-order valence-corrected chi connectivity index (χ3v) is 7.80. The Morgan fingerprint density at radius 1 is 1.08 bits per heavy atom. The van der Waals surface area contributed by atoms with Gasteiger partial charge in [0.15, 0.2) is 17.7 Å². The zero-order chi connectivity index (χ0) is 27.8. The highest BCUT2D eigenvalue weighted by Gasteiger charge is 2.68. The maximum atomic E-state index is 12.5. The normalized spacial score (nSPS) is 28.7. The minimum atomic E-state index is -2.08. The van der Waals surface area contributed by atoms with Gasteiger partial charge in [-0.1, -0.05) is 70.6 Å². The summed E-state index contributed by atoms with van der Waals surface area (Å²) in [4.78, 5) is 24.7. The van der Waals surface area contributed by atoms with E-state index in [4.69, 9.17) is 18.9 Å². The minimum Gasteiger partial charge on any atom is -0.497 e. The summed E-state index contributed by atoms with van der Waals surface area (Å²) in [6.07, 6.45) is 6.73. The lowest BCUT2D eigenvalue weighted by Gasteiger charge is -2.31. The van der Waals surface area contributed by atoms with E-state index in [1.165, 1.54) is 25.7 Å². The maximum Gasteiger partial charge on any atom is 0.337 e. The quantitative estimate of drug-likeness (QED) is 0.200. The third-order valence-electron chi connectivity index (χ3n) is 7.80. The van der Waals surface area contributed by atoms with Crippen molar-refractivity contribution in [2.24, 2.45) is 11.8 Å². The molecule has 9 nitrogen and oxygen atoms in total. The number of carbonyl (C=O) groups is 2. The van der Waals surface area contributed by atoms with Crippen molar-refractivity contribution >= 4 is 11.9 Å². The molecule has 1 spiro atoms. The first-order valence-corrected chi connectivity index (χ1v) is 13.6. The van der Waals surface area contributed by atoms with Crippen LogP contribution in [0.2, 0.25) is 0 Å². The fourth-order valence-electron chi connectivity index (χ4n) is 5.50. The molecule has 2 heterocycles. The number of methoxy groups -OCH3 is 1. The van der Waals surface area contributed by atoms with Crippen LogP contribution in [0.1, 0.15) is 76.7 Å². The van der Waals surface area contributed by atoms with E-state index in [-0.39, 0.29) is 26.1 Å². The monoisotopic (exact) mass is 534 g/mol. The average Bonchev–Trinajstić information content (AvgIpc) is 3.35. The van der Waals surface area contributed by atoms with Crippen LogP contribution in [0.3, 0.4) is 0 Å². The molecule has 0 bridgehead atoms. The molecule has 2 saturated heterocycles. The lowest BCUT2D eigenvalue weighted by molar-refractivity contribution is -0.265. The van der Waals surface area contributed by atoms with Gasteiger partial charge in [-0.15, -0.1) is 0 Å². The molecule has 5 atom stereocenters. The lowest BCUT2D eigenvalue weighted by atomic mass is 9.82. The Bertz CT molecular complexity index is 946. The van der Waals surface area contributed by atoms with Gasteiger partial charge in [-0.3, -0.25) is 4.79 Å². The fourth-order valence-corrected chi connectivity index (χ4v) is 5.50. The van der Waals surface area contributed by atoms with Gasteiger partial charge in [0.2, 0.25) is 0 Å². The van der Waals surface area contributed by atoms with Crippen molar-refractivity contribution < 1.29 is 43.9 Å².